The number of amides is 1. The van der Waals surface area contributed by atoms with Gasteiger partial charge in [0.05, 0.1) is 23.4 Å². The molecule has 3 aromatic rings. The summed E-state index contributed by atoms with van der Waals surface area (Å²) in [6, 6.07) is 20.5. The van der Waals surface area contributed by atoms with E-state index in [0.29, 0.717) is 18.0 Å². The minimum Gasteiger partial charge on any atom is -0.494 e. The average molecular weight is 540 g/mol. The molecule has 194 valence electrons. The predicted octanol–water partition coefficient (Wildman–Crippen LogP) is 4.23. The summed E-state index contributed by atoms with van der Waals surface area (Å²) in [6.07, 6.45) is 1.72. The Bertz CT molecular complexity index is 1340. The molecule has 1 amide bonds. The first-order valence-electron chi connectivity index (χ1n) is 11.8. The van der Waals surface area contributed by atoms with Crippen molar-refractivity contribution in [2.75, 3.05) is 29.0 Å². The summed E-state index contributed by atoms with van der Waals surface area (Å²) in [5.74, 6) is 2.72. The van der Waals surface area contributed by atoms with Crippen molar-refractivity contribution in [2.45, 2.75) is 24.8 Å². The molecule has 0 bridgehead atoms. The first-order chi connectivity index (χ1) is 17.8. The Balaban J connectivity index is 1.49. The van der Waals surface area contributed by atoms with Gasteiger partial charge in [0, 0.05) is 11.5 Å². The molecule has 4 rings (SSSR count). The molecule has 1 aliphatic heterocycles. The highest BCUT2D eigenvalue weighted by Crippen LogP contribution is 2.26. The number of hydrogen-bond acceptors (Lipinski definition) is 7. The number of carbonyl (C=O) groups is 1. The van der Waals surface area contributed by atoms with Gasteiger partial charge in [-0.1, -0.05) is 29.8 Å². The average Bonchev–Trinajstić information content (AvgIpc) is 2.86. The van der Waals surface area contributed by atoms with E-state index in [0.717, 1.165) is 32.7 Å². The Morgan fingerprint density at radius 2 is 1.81 bits per heavy atom. The second-order valence-electron chi connectivity index (χ2n) is 8.39. The van der Waals surface area contributed by atoms with E-state index in [4.69, 9.17) is 9.47 Å². The molecular weight excluding hydrogens is 510 g/mol. The number of hydrazone groups is 1. The maximum atomic E-state index is 13.5. The molecule has 1 heterocycles. The summed E-state index contributed by atoms with van der Waals surface area (Å²) in [5, 5.41) is 4.02. The van der Waals surface area contributed by atoms with Crippen LogP contribution in [0.2, 0.25) is 0 Å². The van der Waals surface area contributed by atoms with Crippen LogP contribution < -0.4 is 19.2 Å². The lowest BCUT2D eigenvalue weighted by Gasteiger charge is -2.25. The molecule has 1 fully saturated rings. The SMILES string of the molecule is CCOc1ccc(N(CC(=O)N/N=C\c2cccc(OC3CSC3)c2)S(=O)(=O)c2ccc(C)cc2)cc1. The third-order valence-corrected chi connectivity index (χ3v) is 8.51. The fraction of sp³-hybridized carbons (Fsp3) is 0.259. The van der Waals surface area contributed by atoms with E-state index in [9.17, 15) is 13.2 Å². The van der Waals surface area contributed by atoms with E-state index in [2.05, 4.69) is 10.5 Å². The number of aryl methyl sites for hydroxylation is 1. The molecule has 1 saturated heterocycles. The molecule has 0 atom stereocenters. The number of ether oxygens (including phenoxy) is 2. The van der Waals surface area contributed by atoms with Crippen molar-refractivity contribution in [2.24, 2.45) is 5.10 Å². The van der Waals surface area contributed by atoms with E-state index >= 15 is 0 Å². The Labute approximate surface area is 221 Å². The summed E-state index contributed by atoms with van der Waals surface area (Å²) >= 11 is 1.84. The van der Waals surface area contributed by atoms with Crippen LogP contribution in [0.5, 0.6) is 11.5 Å². The Morgan fingerprint density at radius 3 is 2.46 bits per heavy atom. The van der Waals surface area contributed by atoms with E-state index in [1.165, 1.54) is 18.3 Å². The molecule has 0 aromatic heterocycles. The molecule has 1 N–H and O–H groups in total. The van der Waals surface area contributed by atoms with Crippen molar-refractivity contribution in [3.05, 3.63) is 83.9 Å². The molecule has 0 spiro atoms. The molecule has 0 radical (unpaired) electrons. The minimum atomic E-state index is -4.02. The van der Waals surface area contributed by atoms with Gasteiger partial charge in [0.25, 0.3) is 15.9 Å². The van der Waals surface area contributed by atoms with Crippen LogP contribution in [-0.2, 0) is 14.8 Å². The molecule has 3 aromatic carbocycles. The van der Waals surface area contributed by atoms with Crippen LogP contribution in [0, 0.1) is 6.92 Å². The highest BCUT2D eigenvalue weighted by atomic mass is 32.2. The highest BCUT2D eigenvalue weighted by molar-refractivity contribution is 8.00. The number of benzene rings is 3. The zero-order chi connectivity index (χ0) is 26.3. The zero-order valence-electron chi connectivity index (χ0n) is 20.7. The van der Waals surface area contributed by atoms with Crippen LogP contribution >= 0.6 is 11.8 Å². The van der Waals surface area contributed by atoms with Gasteiger partial charge in [0.15, 0.2) is 0 Å². The lowest BCUT2D eigenvalue weighted by Crippen LogP contribution is -2.39. The molecule has 8 nitrogen and oxygen atoms in total. The quantitative estimate of drug-likeness (QED) is 0.289. The summed E-state index contributed by atoms with van der Waals surface area (Å²) in [4.78, 5) is 12.9. The molecule has 10 heteroatoms. The normalized spacial score (nSPS) is 13.7. The first kappa shape index (κ1) is 26.6. The van der Waals surface area contributed by atoms with Crippen molar-refractivity contribution in [3.8, 4) is 11.5 Å². The summed E-state index contributed by atoms with van der Waals surface area (Å²) in [6.45, 7) is 3.77. The molecule has 0 saturated carbocycles. The fourth-order valence-electron chi connectivity index (χ4n) is 3.52. The topological polar surface area (TPSA) is 97.3 Å². The third kappa shape index (κ3) is 7.05. The van der Waals surface area contributed by atoms with Crippen molar-refractivity contribution in [1.82, 2.24) is 5.43 Å². The van der Waals surface area contributed by atoms with Gasteiger partial charge in [0.2, 0.25) is 0 Å². The second kappa shape index (κ2) is 12.2. The van der Waals surface area contributed by atoms with Crippen molar-refractivity contribution in [1.29, 1.82) is 0 Å². The van der Waals surface area contributed by atoms with Gasteiger partial charge in [-0.15, -0.1) is 0 Å². The molecule has 0 unspecified atom stereocenters. The summed E-state index contributed by atoms with van der Waals surface area (Å²) in [5.41, 5.74) is 4.45. The Morgan fingerprint density at radius 1 is 1.08 bits per heavy atom. The Hall–Kier alpha value is -3.50. The van der Waals surface area contributed by atoms with Gasteiger partial charge in [0.1, 0.15) is 24.1 Å². The lowest BCUT2D eigenvalue weighted by molar-refractivity contribution is -0.119. The van der Waals surface area contributed by atoms with E-state index in [1.807, 2.05) is 49.9 Å². The highest BCUT2D eigenvalue weighted by Gasteiger charge is 2.27. The van der Waals surface area contributed by atoms with Crippen molar-refractivity contribution in [3.63, 3.8) is 0 Å². The fourth-order valence-corrected chi connectivity index (χ4v) is 5.50. The van der Waals surface area contributed by atoms with Gasteiger partial charge in [-0.2, -0.15) is 16.9 Å². The third-order valence-electron chi connectivity index (χ3n) is 5.50. The molecule has 37 heavy (non-hydrogen) atoms. The summed E-state index contributed by atoms with van der Waals surface area (Å²) < 4.78 is 39.4. The smallest absolute Gasteiger partial charge is 0.264 e. The maximum absolute atomic E-state index is 13.5. The van der Waals surface area contributed by atoms with Crippen molar-refractivity contribution >= 4 is 39.6 Å². The number of nitrogens with zero attached hydrogens (tertiary/aromatic N) is 2. The number of sulfonamides is 1. The maximum Gasteiger partial charge on any atom is 0.264 e. The van der Waals surface area contributed by atoms with Crippen molar-refractivity contribution < 1.29 is 22.7 Å². The standard InChI is InChI=1S/C27H29N3O5S2/c1-3-34-23-11-9-22(10-12-23)30(37(32,33)26-13-7-20(2)8-14-26)17-27(31)29-28-16-21-5-4-6-24(15-21)35-25-18-36-19-25/h4-16,25H,3,17-19H2,1-2H3,(H,29,31)/b28-16-. The van der Waals surface area contributed by atoms with Crippen LogP contribution in [0.15, 0.2) is 82.8 Å². The number of anilines is 1. The second-order valence-corrected chi connectivity index (χ2v) is 11.3. The van der Waals surface area contributed by atoms with Gasteiger partial charge in [-0.05, 0) is 67.9 Å². The van der Waals surface area contributed by atoms with E-state index in [1.54, 1.807) is 36.4 Å². The van der Waals surface area contributed by atoms with Crippen LogP contribution in [0.3, 0.4) is 0 Å². The number of hydrogen-bond donors (Lipinski definition) is 1. The number of carbonyl (C=O) groups excluding carboxylic acids is 1. The van der Waals surface area contributed by atoms with Crippen LogP contribution in [0.1, 0.15) is 18.1 Å². The zero-order valence-corrected chi connectivity index (χ0v) is 22.3. The number of rotatable bonds is 11. The summed E-state index contributed by atoms with van der Waals surface area (Å²) in [7, 11) is -4.02. The minimum absolute atomic E-state index is 0.0879. The van der Waals surface area contributed by atoms with Gasteiger partial charge in [-0.25, -0.2) is 13.8 Å². The molecular formula is C27H29N3O5S2. The van der Waals surface area contributed by atoms with Crippen LogP contribution in [-0.4, -0.2) is 51.3 Å². The van der Waals surface area contributed by atoms with E-state index in [-0.39, 0.29) is 11.0 Å². The predicted molar refractivity (Wildman–Crippen MR) is 147 cm³/mol. The molecule has 0 aliphatic carbocycles. The Kier molecular flexibility index (Phi) is 8.73. The van der Waals surface area contributed by atoms with Gasteiger partial charge in [-0.3, -0.25) is 9.10 Å². The van der Waals surface area contributed by atoms with Gasteiger partial charge < -0.3 is 9.47 Å². The number of nitrogens with one attached hydrogen (secondary N) is 1. The first-order valence-corrected chi connectivity index (χ1v) is 14.4. The number of thioether (sulfide) groups is 1. The lowest BCUT2D eigenvalue weighted by atomic mass is 10.2. The van der Waals surface area contributed by atoms with Crippen LogP contribution in [0.4, 0.5) is 5.69 Å². The largest absolute Gasteiger partial charge is 0.494 e. The van der Waals surface area contributed by atoms with E-state index < -0.39 is 22.5 Å². The van der Waals surface area contributed by atoms with Crippen LogP contribution in [0.25, 0.3) is 0 Å². The monoisotopic (exact) mass is 539 g/mol. The molecule has 1 aliphatic rings. The van der Waals surface area contributed by atoms with Gasteiger partial charge >= 0.3 is 0 Å².